The summed E-state index contributed by atoms with van der Waals surface area (Å²) in [5.74, 6) is 0. The normalized spacial score (nSPS) is 12.6. The van der Waals surface area contributed by atoms with Gasteiger partial charge in [-0.25, -0.2) is 4.79 Å². The van der Waals surface area contributed by atoms with Crippen LogP contribution in [0.5, 0.6) is 0 Å². The number of rotatable bonds is 4. The first-order valence-corrected chi connectivity index (χ1v) is 5.50. The molecule has 0 aromatic heterocycles. The maximum absolute atomic E-state index is 10.8. The first-order valence-electron chi connectivity index (χ1n) is 5.50. The summed E-state index contributed by atoms with van der Waals surface area (Å²) >= 11 is 0. The number of primary amides is 1. The summed E-state index contributed by atoms with van der Waals surface area (Å²) in [5.41, 5.74) is 5.18. The highest BCUT2D eigenvalue weighted by Gasteiger charge is 2.30. The van der Waals surface area contributed by atoms with E-state index in [1.165, 1.54) is 0 Å². The van der Waals surface area contributed by atoms with Gasteiger partial charge in [0.15, 0.2) is 0 Å². The fraction of sp³-hybridized carbons (Fsp3) is 0.385. The average Bonchev–Trinajstić information content (AvgIpc) is 2.27. The molecule has 18 heavy (non-hydrogen) atoms. The number of carbonyl (C=O) groups is 1. The van der Waals surface area contributed by atoms with E-state index in [9.17, 15) is 9.90 Å². The van der Waals surface area contributed by atoms with Gasteiger partial charge in [-0.15, -0.1) is 0 Å². The minimum atomic E-state index is -1.19. The molecule has 0 aliphatic heterocycles. The van der Waals surface area contributed by atoms with Crippen molar-refractivity contribution in [1.29, 1.82) is 5.26 Å². The lowest BCUT2D eigenvalue weighted by atomic mass is 9.94. The number of nitrogens with zero attached hydrogens (tertiary/aromatic N) is 1. The van der Waals surface area contributed by atoms with E-state index in [4.69, 9.17) is 15.7 Å². The largest absolute Gasteiger partial charge is 0.443 e. The number of hydrogen-bond donors (Lipinski definition) is 2. The predicted molar refractivity (Wildman–Crippen MR) is 65.6 cm³/mol. The van der Waals surface area contributed by atoms with E-state index in [0.717, 1.165) is 5.56 Å². The zero-order chi connectivity index (χ0) is 13.8. The van der Waals surface area contributed by atoms with Crippen LogP contribution in [0.15, 0.2) is 24.3 Å². The number of hydrogen-bond acceptors (Lipinski definition) is 4. The van der Waals surface area contributed by atoms with Gasteiger partial charge >= 0.3 is 6.09 Å². The quantitative estimate of drug-likeness (QED) is 0.840. The van der Waals surface area contributed by atoms with Gasteiger partial charge in [-0.05, 0) is 31.5 Å². The third-order valence-electron chi connectivity index (χ3n) is 2.55. The number of benzene rings is 1. The molecule has 1 rings (SSSR count). The molecule has 0 fully saturated rings. The van der Waals surface area contributed by atoms with E-state index in [1.807, 2.05) is 6.07 Å². The molecular formula is C13H16N2O3. The Balaban J connectivity index is 2.83. The molecule has 0 spiro atoms. The second-order valence-corrected chi connectivity index (χ2v) is 4.59. The smallest absolute Gasteiger partial charge is 0.404 e. The first kappa shape index (κ1) is 14.0. The Kier molecular flexibility index (Phi) is 4.29. The molecular weight excluding hydrogens is 232 g/mol. The highest BCUT2D eigenvalue weighted by molar-refractivity contribution is 5.65. The zero-order valence-corrected chi connectivity index (χ0v) is 10.4. The monoisotopic (exact) mass is 248 g/mol. The molecule has 0 bridgehead atoms. The minimum absolute atomic E-state index is 0.331. The topological polar surface area (TPSA) is 96.3 Å². The molecule has 0 radical (unpaired) electrons. The molecule has 96 valence electrons. The van der Waals surface area contributed by atoms with Crippen molar-refractivity contribution in [3.05, 3.63) is 35.4 Å². The van der Waals surface area contributed by atoms with Gasteiger partial charge in [0.2, 0.25) is 0 Å². The van der Waals surface area contributed by atoms with E-state index in [1.54, 1.807) is 38.1 Å². The molecule has 1 atom stereocenters. The summed E-state index contributed by atoms with van der Waals surface area (Å²) in [4.78, 5) is 10.8. The number of amides is 1. The molecule has 0 heterocycles. The molecule has 0 saturated heterocycles. The van der Waals surface area contributed by atoms with Crippen LogP contribution in [-0.2, 0) is 11.2 Å². The Morgan fingerprint density at radius 3 is 2.44 bits per heavy atom. The molecule has 5 nitrogen and oxygen atoms in total. The molecule has 3 N–H and O–H groups in total. The molecule has 1 aromatic rings. The van der Waals surface area contributed by atoms with Crippen LogP contribution in [0.1, 0.15) is 25.0 Å². The lowest BCUT2D eigenvalue weighted by Crippen LogP contribution is -2.42. The summed E-state index contributed by atoms with van der Waals surface area (Å²) in [6.45, 7) is 3.09. The van der Waals surface area contributed by atoms with Crippen molar-refractivity contribution >= 4 is 6.09 Å². The number of nitriles is 1. The molecule has 1 aromatic carbocycles. The Hall–Kier alpha value is -2.06. The number of carbonyl (C=O) groups excluding carboxylic acids is 1. The highest BCUT2D eigenvalue weighted by atomic mass is 16.6. The van der Waals surface area contributed by atoms with Gasteiger partial charge in [-0.2, -0.15) is 5.26 Å². The van der Waals surface area contributed by atoms with E-state index in [-0.39, 0.29) is 0 Å². The Morgan fingerprint density at radius 1 is 1.50 bits per heavy atom. The van der Waals surface area contributed by atoms with Crippen LogP contribution < -0.4 is 5.73 Å². The van der Waals surface area contributed by atoms with E-state index in [2.05, 4.69) is 0 Å². The number of nitrogens with two attached hydrogens (primary N) is 1. The summed E-state index contributed by atoms with van der Waals surface area (Å²) < 4.78 is 4.90. The molecule has 1 amide bonds. The maximum atomic E-state index is 10.8. The van der Waals surface area contributed by atoms with E-state index in [0.29, 0.717) is 12.0 Å². The van der Waals surface area contributed by atoms with Gasteiger partial charge in [0, 0.05) is 6.42 Å². The first-order chi connectivity index (χ1) is 8.32. The van der Waals surface area contributed by atoms with Crippen molar-refractivity contribution in [2.75, 3.05) is 0 Å². The molecule has 0 aliphatic carbocycles. The third kappa shape index (κ3) is 4.07. The number of aliphatic hydroxyl groups is 1. The van der Waals surface area contributed by atoms with Gasteiger partial charge in [-0.3, -0.25) is 0 Å². The summed E-state index contributed by atoms with van der Waals surface area (Å²) in [6.07, 6.45) is -1.32. The second-order valence-electron chi connectivity index (χ2n) is 4.59. The summed E-state index contributed by atoms with van der Waals surface area (Å²) in [6, 6.07) is 8.85. The molecule has 1 unspecified atom stereocenters. The summed E-state index contributed by atoms with van der Waals surface area (Å²) in [7, 11) is 0. The Morgan fingerprint density at radius 2 is 2.06 bits per heavy atom. The zero-order valence-electron chi connectivity index (χ0n) is 10.4. The van der Waals surface area contributed by atoms with Crippen LogP contribution >= 0.6 is 0 Å². The van der Waals surface area contributed by atoms with Crippen molar-refractivity contribution in [2.24, 2.45) is 5.73 Å². The second kappa shape index (κ2) is 5.52. The van der Waals surface area contributed by atoms with Crippen molar-refractivity contribution in [3.8, 4) is 6.07 Å². The molecule has 0 saturated carbocycles. The van der Waals surface area contributed by atoms with Gasteiger partial charge in [0.1, 0.15) is 6.10 Å². The van der Waals surface area contributed by atoms with Crippen LogP contribution in [-0.4, -0.2) is 22.9 Å². The third-order valence-corrected chi connectivity index (χ3v) is 2.55. The van der Waals surface area contributed by atoms with Gasteiger partial charge in [0.25, 0.3) is 0 Å². The van der Waals surface area contributed by atoms with Crippen LogP contribution in [0.3, 0.4) is 0 Å². The van der Waals surface area contributed by atoms with Crippen molar-refractivity contribution in [3.63, 3.8) is 0 Å². The fourth-order valence-electron chi connectivity index (χ4n) is 1.51. The van der Waals surface area contributed by atoms with Gasteiger partial charge in [0.05, 0.1) is 17.2 Å². The van der Waals surface area contributed by atoms with E-state index < -0.39 is 17.8 Å². The van der Waals surface area contributed by atoms with Gasteiger partial charge < -0.3 is 15.6 Å². The molecule has 5 heteroatoms. The highest BCUT2D eigenvalue weighted by Crippen LogP contribution is 2.18. The van der Waals surface area contributed by atoms with E-state index >= 15 is 0 Å². The number of ether oxygens (including phenoxy) is 1. The SMILES string of the molecule is CC(C)(O)C(Cc1ccc(C#N)cc1)OC(N)=O. The average molecular weight is 248 g/mol. The van der Waals surface area contributed by atoms with Crippen molar-refractivity contribution in [1.82, 2.24) is 0 Å². The standard InChI is InChI=1S/C13H16N2O3/c1-13(2,17)11(18-12(15)16)7-9-3-5-10(8-14)6-4-9/h3-6,11,17H,7H2,1-2H3,(H2,15,16). The fourth-order valence-corrected chi connectivity index (χ4v) is 1.51. The lowest BCUT2D eigenvalue weighted by molar-refractivity contribution is -0.0523. The Bertz CT molecular complexity index is 455. The van der Waals surface area contributed by atoms with Crippen LogP contribution in [0, 0.1) is 11.3 Å². The molecule has 0 aliphatic rings. The maximum Gasteiger partial charge on any atom is 0.404 e. The van der Waals surface area contributed by atoms with Crippen molar-refractivity contribution in [2.45, 2.75) is 32.0 Å². The van der Waals surface area contributed by atoms with Crippen LogP contribution in [0.25, 0.3) is 0 Å². The minimum Gasteiger partial charge on any atom is -0.443 e. The predicted octanol–water partition coefficient (Wildman–Crippen LogP) is 1.34. The van der Waals surface area contributed by atoms with Gasteiger partial charge in [-0.1, -0.05) is 12.1 Å². The lowest BCUT2D eigenvalue weighted by Gasteiger charge is -2.28. The van der Waals surface area contributed by atoms with Crippen LogP contribution in [0.2, 0.25) is 0 Å². The van der Waals surface area contributed by atoms with Crippen molar-refractivity contribution < 1.29 is 14.6 Å². The van der Waals surface area contributed by atoms with Crippen LogP contribution in [0.4, 0.5) is 4.79 Å². The summed E-state index contributed by atoms with van der Waals surface area (Å²) in [5, 5.41) is 18.6. The Labute approximate surface area is 106 Å².